The molecule has 0 atom stereocenters. The first-order chi connectivity index (χ1) is 27.9. The summed E-state index contributed by atoms with van der Waals surface area (Å²) < 4.78 is 48.3. The lowest BCUT2D eigenvalue weighted by Gasteiger charge is -2.20. The molecule has 8 heteroatoms. The van der Waals surface area contributed by atoms with E-state index in [0.717, 1.165) is 45.9 Å². The van der Waals surface area contributed by atoms with Crippen molar-refractivity contribution < 1.29 is 37.9 Å². The van der Waals surface area contributed by atoms with Crippen LogP contribution in [0.4, 0.5) is 0 Å². The van der Waals surface area contributed by atoms with Gasteiger partial charge in [0.25, 0.3) is 0 Å². The van der Waals surface area contributed by atoms with Crippen molar-refractivity contribution in [2.45, 2.75) is 12.8 Å². The van der Waals surface area contributed by atoms with Crippen LogP contribution in [0.15, 0.2) is 121 Å². The highest BCUT2D eigenvalue weighted by molar-refractivity contribution is 6.10. The summed E-state index contributed by atoms with van der Waals surface area (Å²) in [7, 11) is 0. The summed E-state index contributed by atoms with van der Waals surface area (Å²) in [6.45, 7) is 5.27. The van der Waals surface area contributed by atoms with Crippen LogP contribution in [-0.2, 0) is 31.8 Å². The van der Waals surface area contributed by atoms with E-state index in [-0.39, 0.29) is 0 Å². The Morgan fingerprint density at radius 3 is 0.821 bits per heavy atom. The maximum atomic E-state index is 6.53. The van der Waals surface area contributed by atoms with Gasteiger partial charge >= 0.3 is 0 Å². The lowest BCUT2D eigenvalue weighted by Crippen LogP contribution is -2.15. The third-order valence-electron chi connectivity index (χ3n) is 10.1. The van der Waals surface area contributed by atoms with Crippen molar-refractivity contribution in [1.29, 1.82) is 0 Å². The van der Waals surface area contributed by atoms with E-state index in [0.29, 0.717) is 90.8 Å². The van der Waals surface area contributed by atoms with Crippen LogP contribution in [-0.4, -0.2) is 79.3 Å². The molecule has 288 valence electrons. The molecule has 0 spiro atoms. The standard InChI is InChI=1S/C48H48O8/c1-5-15-41-35(11-1)39-21-22-40-37-13-3-7-17-43(37)48(44-18-8-4-14-38(40)44)56-34-30-52-26-24-50-28-32-54-46-20-10-9-19-45(46)53-31-27-49-23-25-51-29-33-55-47(41)42-16-6-2-12-36(39)42/h1-20H,21-34H2. The molecule has 1 aliphatic rings. The van der Waals surface area contributed by atoms with Crippen LogP contribution in [0.25, 0.3) is 43.1 Å². The maximum absolute atomic E-state index is 6.53. The minimum atomic E-state index is 0.398. The van der Waals surface area contributed by atoms with Crippen molar-refractivity contribution in [1.82, 2.24) is 0 Å². The van der Waals surface area contributed by atoms with Crippen molar-refractivity contribution in [3.63, 3.8) is 0 Å². The van der Waals surface area contributed by atoms with Gasteiger partial charge in [-0.15, -0.1) is 0 Å². The van der Waals surface area contributed by atoms with Crippen molar-refractivity contribution in [3.05, 3.63) is 132 Å². The Bertz CT molecular complexity index is 2090. The Morgan fingerprint density at radius 2 is 0.500 bits per heavy atom. The maximum Gasteiger partial charge on any atom is 0.161 e. The molecule has 0 saturated heterocycles. The number of fused-ring (bicyclic) bond motifs is 7. The number of benzene rings is 7. The Hall–Kier alpha value is -5.38. The summed E-state index contributed by atoms with van der Waals surface area (Å²) in [6.07, 6.45) is 1.72. The predicted molar refractivity (Wildman–Crippen MR) is 222 cm³/mol. The van der Waals surface area contributed by atoms with Crippen molar-refractivity contribution in [2.75, 3.05) is 79.3 Å². The summed E-state index contributed by atoms with van der Waals surface area (Å²) in [5.74, 6) is 3.12. The van der Waals surface area contributed by atoms with E-state index in [1.54, 1.807) is 0 Å². The zero-order chi connectivity index (χ0) is 37.8. The fraction of sp³-hybridized carbons (Fsp3) is 0.292. The zero-order valence-corrected chi connectivity index (χ0v) is 31.7. The monoisotopic (exact) mass is 752 g/mol. The fourth-order valence-corrected chi connectivity index (χ4v) is 7.62. The first kappa shape index (κ1) is 37.5. The molecule has 0 saturated carbocycles. The number of rotatable bonds is 0. The van der Waals surface area contributed by atoms with Gasteiger partial charge in [0.1, 0.15) is 37.9 Å². The minimum Gasteiger partial charge on any atom is -0.490 e. The van der Waals surface area contributed by atoms with Gasteiger partial charge in [0, 0.05) is 21.5 Å². The highest BCUT2D eigenvalue weighted by Gasteiger charge is 2.18. The molecule has 7 aromatic carbocycles. The molecule has 0 unspecified atom stereocenters. The molecule has 0 fully saturated rings. The molecule has 0 aromatic heterocycles. The van der Waals surface area contributed by atoms with Crippen molar-refractivity contribution in [3.8, 4) is 23.0 Å². The van der Waals surface area contributed by atoms with E-state index < -0.39 is 0 Å². The highest BCUT2D eigenvalue weighted by atomic mass is 16.6. The van der Waals surface area contributed by atoms with Gasteiger partial charge in [-0.1, -0.05) is 109 Å². The van der Waals surface area contributed by atoms with Crippen LogP contribution in [0.5, 0.6) is 23.0 Å². The smallest absolute Gasteiger partial charge is 0.161 e. The van der Waals surface area contributed by atoms with Crippen LogP contribution >= 0.6 is 0 Å². The number of hydrogen-bond acceptors (Lipinski definition) is 8. The third-order valence-corrected chi connectivity index (χ3v) is 10.1. The van der Waals surface area contributed by atoms with Gasteiger partial charge in [0.2, 0.25) is 0 Å². The fourth-order valence-electron chi connectivity index (χ4n) is 7.62. The van der Waals surface area contributed by atoms with Gasteiger partial charge < -0.3 is 37.9 Å². The largest absolute Gasteiger partial charge is 0.490 e. The molecule has 1 aliphatic heterocycles. The number of aryl methyl sites for hydroxylation is 2. The predicted octanol–water partition coefficient (Wildman–Crippen LogP) is 9.38. The van der Waals surface area contributed by atoms with E-state index >= 15 is 0 Å². The van der Waals surface area contributed by atoms with Gasteiger partial charge in [0.05, 0.1) is 52.9 Å². The third kappa shape index (κ3) is 8.69. The van der Waals surface area contributed by atoms with E-state index in [2.05, 4.69) is 97.1 Å². The van der Waals surface area contributed by atoms with E-state index in [1.165, 1.54) is 32.7 Å². The molecular formula is C48H48O8. The molecule has 7 aromatic rings. The zero-order valence-electron chi connectivity index (χ0n) is 31.7. The first-order valence-electron chi connectivity index (χ1n) is 19.6. The number of ether oxygens (including phenoxy) is 8. The summed E-state index contributed by atoms with van der Waals surface area (Å²) in [5.41, 5.74) is 2.63. The van der Waals surface area contributed by atoms with Gasteiger partial charge in [-0.25, -0.2) is 0 Å². The van der Waals surface area contributed by atoms with Crippen LogP contribution in [0.1, 0.15) is 11.1 Å². The first-order valence-corrected chi connectivity index (χ1v) is 19.6. The normalized spacial score (nSPS) is 16.2. The molecule has 0 aliphatic carbocycles. The second-order valence-electron chi connectivity index (χ2n) is 13.6. The average molecular weight is 753 g/mol. The van der Waals surface area contributed by atoms with Gasteiger partial charge in [-0.3, -0.25) is 0 Å². The van der Waals surface area contributed by atoms with Crippen LogP contribution < -0.4 is 18.9 Å². The highest BCUT2D eigenvalue weighted by Crippen LogP contribution is 2.42. The Morgan fingerprint density at radius 1 is 0.250 bits per heavy atom. The molecule has 8 rings (SSSR count). The molecule has 0 radical (unpaired) electrons. The van der Waals surface area contributed by atoms with E-state index in [4.69, 9.17) is 37.9 Å². The van der Waals surface area contributed by atoms with Crippen molar-refractivity contribution in [2.24, 2.45) is 0 Å². The second-order valence-corrected chi connectivity index (χ2v) is 13.6. The molecule has 0 amide bonds. The quantitative estimate of drug-likeness (QED) is 0.142. The summed E-state index contributed by atoms with van der Waals surface area (Å²) in [6, 6.07) is 42.0. The lowest BCUT2D eigenvalue weighted by atomic mass is 9.88. The molecule has 0 N–H and O–H groups in total. The van der Waals surface area contributed by atoms with Crippen LogP contribution in [0.3, 0.4) is 0 Å². The van der Waals surface area contributed by atoms with Crippen molar-refractivity contribution >= 4 is 43.1 Å². The summed E-state index contributed by atoms with van der Waals surface area (Å²) in [4.78, 5) is 0. The Balaban J connectivity index is 1.06. The van der Waals surface area contributed by atoms with Gasteiger partial charge in [-0.2, -0.15) is 0 Å². The topological polar surface area (TPSA) is 73.8 Å². The number of para-hydroxylation sites is 2. The molecule has 4 bridgehead atoms. The molecule has 56 heavy (non-hydrogen) atoms. The molecular weight excluding hydrogens is 705 g/mol. The van der Waals surface area contributed by atoms with Gasteiger partial charge in [0.15, 0.2) is 11.5 Å². The minimum absolute atomic E-state index is 0.398. The molecule has 8 nitrogen and oxygen atoms in total. The average Bonchev–Trinajstić information content (AvgIpc) is 3.24. The lowest BCUT2D eigenvalue weighted by molar-refractivity contribution is 0.0250. The van der Waals surface area contributed by atoms with Crippen LogP contribution in [0, 0.1) is 0 Å². The Kier molecular flexibility index (Phi) is 12.7. The second kappa shape index (κ2) is 19.0. The number of hydrogen-bond donors (Lipinski definition) is 0. The van der Waals surface area contributed by atoms with Crippen LogP contribution in [0.2, 0.25) is 0 Å². The van der Waals surface area contributed by atoms with Gasteiger partial charge in [-0.05, 0) is 57.6 Å². The molecule has 1 heterocycles. The Labute approximate surface area is 327 Å². The van der Waals surface area contributed by atoms with E-state index in [9.17, 15) is 0 Å². The SMILES string of the molecule is c1ccc2c(c1)OCCOCCOCCOc1c3ccccc3c(c3ccccc13)CCc1c3ccccc3c(c3ccccc13)OCCOCCOCCO2. The summed E-state index contributed by atoms with van der Waals surface area (Å²) in [5, 5.41) is 9.25. The summed E-state index contributed by atoms with van der Waals surface area (Å²) >= 11 is 0. The van der Waals surface area contributed by atoms with E-state index in [1.807, 2.05) is 24.3 Å².